The van der Waals surface area contributed by atoms with Crippen molar-refractivity contribution in [3.63, 3.8) is 0 Å². The van der Waals surface area contributed by atoms with E-state index in [-0.39, 0.29) is 31.2 Å². The molecule has 3 heterocycles. The molecule has 2 aromatic heterocycles. The van der Waals surface area contributed by atoms with Crippen LogP contribution >= 0.6 is 0 Å². The predicted octanol–water partition coefficient (Wildman–Crippen LogP) is 1.46. The lowest BCUT2D eigenvalue weighted by molar-refractivity contribution is -0.138. The van der Waals surface area contributed by atoms with Crippen molar-refractivity contribution >= 4 is 11.8 Å². The van der Waals surface area contributed by atoms with E-state index in [0.717, 1.165) is 11.1 Å². The van der Waals surface area contributed by atoms with Gasteiger partial charge in [0.25, 0.3) is 0 Å². The molecule has 2 amide bonds. The molecule has 0 radical (unpaired) electrons. The van der Waals surface area contributed by atoms with Gasteiger partial charge in [0, 0.05) is 31.1 Å². The van der Waals surface area contributed by atoms with Crippen LogP contribution in [0, 0.1) is 6.92 Å². The summed E-state index contributed by atoms with van der Waals surface area (Å²) in [5, 5.41) is 16.6. The van der Waals surface area contributed by atoms with Gasteiger partial charge < -0.3 is 24.3 Å². The fraction of sp³-hybridized carbons (Fsp3) is 0.333. The van der Waals surface area contributed by atoms with Crippen LogP contribution in [0.15, 0.2) is 51.9 Å². The standard InChI is InChI=1S/C21H22N4O5/c1-13-6-17(30-24-13)8-20(27)25-11-16(26)7-18(25)21(28)23-9-14-2-4-15(5-3-14)19-10-22-12-29-19/h2-6,10,12,16,18,26H,7-9,11H2,1H3,(H,23,28). The Bertz CT molecular complexity index is 1010. The minimum Gasteiger partial charge on any atom is -0.444 e. The number of carbonyl (C=O) groups is 2. The first-order valence-electron chi connectivity index (χ1n) is 9.65. The highest BCUT2D eigenvalue weighted by molar-refractivity contribution is 5.89. The van der Waals surface area contributed by atoms with Gasteiger partial charge in [-0.25, -0.2) is 4.98 Å². The molecule has 0 bridgehead atoms. The first-order chi connectivity index (χ1) is 14.5. The number of aliphatic hydroxyl groups excluding tert-OH is 1. The van der Waals surface area contributed by atoms with Crippen molar-refractivity contribution in [2.24, 2.45) is 0 Å². The van der Waals surface area contributed by atoms with Gasteiger partial charge in [0.2, 0.25) is 11.8 Å². The molecule has 1 aromatic carbocycles. The Morgan fingerprint density at radius 2 is 2.10 bits per heavy atom. The van der Waals surface area contributed by atoms with Crippen LogP contribution in [0.25, 0.3) is 11.3 Å². The number of rotatable bonds is 6. The molecule has 9 heteroatoms. The molecule has 9 nitrogen and oxygen atoms in total. The van der Waals surface area contributed by atoms with E-state index in [1.807, 2.05) is 24.3 Å². The molecular weight excluding hydrogens is 388 g/mol. The highest BCUT2D eigenvalue weighted by atomic mass is 16.5. The van der Waals surface area contributed by atoms with Gasteiger partial charge in [-0.3, -0.25) is 9.59 Å². The zero-order valence-corrected chi connectivity index (χ0v) is 16.4. The fourth-order valence-corrected chi connectivity index (χ4v) is 3.54. The lowest BCUT2D eigenvalue weighted by Crippen LogP contribution is -2.46. The molecule has 1 aliphatic rings. The van der Waals surface area contributed by atoms with Crippen LogP contribution in [-0.4, -0.2) is 50.7 Å². The second-order valence-electron chi connectivity index (χ2n) is 7.34. The van der Waals surface area contributed by atoms with Crippen LogP contribution in [0.5, 0.6) is 0 Å². The molecule has 30 heavy (non-hydrogen) atoms. The number of nitrogens with one attached hydrogen (secondary N) is 1. The predicted molar refractivity (Wildman–Crippen MR) is 105 cm³/mol. The largest absolute Gasteiger partial charge is 0.444 e. The van der Waals surface area contributed by atoms with Gasteiger partial charge in [0.15, 0.2) is 12.2 Å². The maximum atomic E-state index is 12.7. The number of aromatic nitrogens is 2. The Labute approximate surface area is 172 Å². The van der Waals surface area contributed by atoms with E-state index >= 15 is 0 Å². The highest BCUT2D eigenvalue weighted by Gasteiger charge is 2.38. The molecule has 2 N–H and O–H groups in total. The number of likely N-dealkylation sites (tertiary alicyclic amines) is 1. The van der Waals surface area contributed by atoms with Crippen LogP contribution in [0.4, 0.5) is 0 Å². The third-order valence-electron chi connectivity index (χ3n) is 5.04. The van der Waals surface area contributed by atoms with Gasteiger partial charge >= 0.3 is 0 Å². The molecule has 1 fully saturated rings. The number of oxazole rings is 1. The molecule has 1 saturated heterocycles. The van der Waals surface area contributed by atoms with E-state index in [1.54, 1.807) is 19.2 Å². The van der Waals surface area contributed by atoms with Crippen LogP contribution in [0.3, 0.4) is 0 Å². The van der Waals surface area contributed by atoms with E-state index in [1.165, 1.54) is 11.3 Å². The van der Waals surface area contributed by atoms with E-state index in [9.17, 15) is 14.7 Å². The zero-order chi connectivity index (χ0) is 21.1. The summed E-state index contributed by atoms with van der Waals surface area (Å²) in [4.78, 5) is 30.7. The topological polar surface area (TPSA) is 122 Å². The summed E-state index contributed by atoms with van der Waals surface area (Å²) in [6, 6.07) is 8.51. The van der Waals surface area contributed by atoms with Crippen molar-refractivity contribution in [3.8, 4) is 11.3 Å². The molecule has 3 aromatic rings. The van der Waals surface area contributed by atoms with Crippen molar-refractivity contribution in [1.82, 2.24) is 20.4 Å². The van der Waals surface area contributed by atoms with E-state index in [0.29, 0.717) is 23.8 Å². The monoisotopic (exact) mass is 410 g/mol. The number of amides is 2. The first-order valence-corrected chi connectivity index (χ1v) is 9.65. The Kier molecular flexibility index (Phi) is 5.62. The zero-order valence-electron chi connectivity index (χ0n) is 16.4. The molecule has 2 atom stereocenters. The smallest absolute Gasteiger partial charge is 0.243 e. The Morgan fingerprint density at radius 3 is 2.77 bits per heavy atom. The van der Waals surface area contributed by atoms with Gasteiger partial charge in [-0.05, 0) is 12.5 Å². The Morgan fingerprint density at radius 1 is 1.30 bits per heavy atom. The fourth-order valence-electron chi connectivity index (χ4n) is 3.54. The second kappa shape index (κ2) is 8.50. The first kappa shape index (κ1) is 19.8. The normalized spacial score (nSPS) is 18.5. The number of hydrogen-bond donors (Lipinski definition) is 2. The third-order valence-corrected chi connectivity index (χ3v) is 5.04. The average Bonchev–Trinajstić information content (AvgIpc) is 3.48. The van der Waals surface area contributed by atoms with E-state index < -0.39 is 12.1 Å². The van der Waals surface area contributed by atoms with Crippen molar-refractivity contribution in [1.29, 1.82) is 0 Å². The van der Waals surface area contributed by atoms with Crippen LogP contribution in [0.1, 0.15) is 23.4 Å². The molecule has 0 spiro atoms. The van der Waals surface area contributed by atoms with Gasteiger partial charge in [-0.1, -0.05) is 29.4 Å². The van der Waals surface area contributed by atoms with Crippen LogP contribution in [0.2, 0.25) is 0 Å². The lowest BCUT2D eigenvalue weighted by atomic mass is 10.1. The summed E-state index contributed by atoms with van der Waals surface area (Å²) in [6.45, 7) is 2.20. The maximum absolute atomic E-state index is 12.7. The number of benzene rings is 1. The van der Waals surface area contributed by atoms with Crippen LogP contribution in [-0.2, 0) is 22.6 Å². The minimum absolute atomic E-state index is 0.000435. The number of aryl methyl sites for hydroxylation is 1. The molecule has 156 valence electrons. The summed E-state index contributed by atoms with van der Waals surface area (Å²) in [5.74, 6) is 0.527. The maximum Gasteiger partial charge on any atom is 0.243 e. The third kappa shape index (κ3) is 4.41. The quantitative estimate of drug-likeness (QED) is 0.631. The molecule has 0 aliphatic carbocycles. The van der Waals surface area contributed by atoms with Crippen molar-refractivity contribution in [2.75, 3.05) is 6.54 Å². The Balaban J connectivity index is 1.36. The summed E-state index contributed by atoms with van der Waals surface area (Å²) < 4.78 is 10.3. The van der Waals surface area contributed by atoms with Crippen molar-refractivity contribution < 1.29 is 23.6 Å². The van der Waals surface area contributed by atoms with E-state index in [4.69, 9.17) is 8.94 Å². The number of carbonyl (C=O) groups excluding carboxylic acids is 2. The summed E-state index contributed by atoms with van der Waals surface area (Å²) in [5.41, 5.74) is 2.48. The van der Waals surface area contributed by atoms with Crippen molar-refractivity contribution in [2.45, 2.75) is 38.5 Å². The minimum atomic E-state index is -0.734. The Hall–Kier alpha value is -3.46. The molecule has 4 rings (SSSR count). The molecule has 2 unspecified atom stereocenters. The molecule has 0 saturated carbocycles. The number of β-amino-alcohol motifs (C(OH)–C–C–N with tert-alkyl or cyclic N) is 1. The second-order valence-corrected chi connectivity index (χ2v) is 7.34. The summed E-state index contributed by atoms with van der Waals surface area (Å²) >= 11 is 0. The average molecular weight is 410 g/mol. The number of aliphatic hydroxyl groups is 1. The lowest BCUT2D eigenvalue weighted by Gasteiger charge is -2.23. The molecular formula is C21H22N4O5. The highest BCUT2D eigenvalue weighted by Crippen LogP contribution is 2.21. The number of nitrogens with zero attached hydrogens (tertiary/aromatic N) is 3. The van der Waals surface area contributed by atoms with Crippen LogP contribution < -0.4 is 5.32 Å². The van der Waals surface area contributed by atoms with Gasteiger partial charge in [0.1, 0.15) is 11.8 Å². The van der Waals surface area contributed by atoms with Crippen molar-refractivity contribution in [3.05, 3.63) is 59.9 Å². The van der Waals surface area contributed by atoms with E-state index in [2.05, 4.69) is 15.5 Å². The SMILES string of the molecule is Cc1cc(CC(=O)N2CC(O)CC2C(=O)NCc2ccc(-c3cnco3)cc2)on1. The molecule has 1 aliphatic heterocycles. The summed E-state index contributed by atoms with van der Waals surface area (Å²) in [7, 11) is 0. The number of hydrogen-bond acceptors (Lipinski definition) is 7. The van der Waals surface area contributed by atoms with Gasteiger partial charge in [0.05, 0.1) is 24.4 Å². The van der Waals surface area contributed by atoms with Gasteiger partial charge in [-0.2, -0.15) is 0 Å². The summed E-state index contributed by atoms with van der Waals surface area (Å²) in [6.07, 6.45) is 2.48. The van der Waals surface area contributed by atoms with Gasteiger partial charge in [-0.15, -0.1) is 0 Å².